The molecule has 0 spiro atoms. The summed E-state index contributed by atoms with van der Waals surface area (Å²) in [4.78, 5) is 45.1. The van der Waals surface area contributed by atoms with E-state index in [1.54, 1.807) is 6.92 Å². The number of aliphatic hydroxyl groups excluding tert-OH is 2. The van der Waals surface area contributed by atoms with E-state index < -0.39 is 29.7 Å². The average Bonchev–Trinajstić information content (AvgIpc) is 2.95. The van der Waals surface area contributed by atoms with E-state index in [-0.39, 0.29) is 51.3 Å². The van der Waals surface area contributed by atoms with E-state index in [0.717, 1.165) is 44.9 Å². The summed E-state index contributed by atoms with van der Waals surface area (Å²) in [5.41, 5.74) is 0. The molecule has 0 radical (unpaired) electrons. The fraction of sp³-hybridized carbons (Fsp3) is 0.793. The van der Waals surface area contributed by atoms with Crippen molar-refractivity contribution in [2.45, 2.75) is 105 Å². The van der Waals surface area contributed by atoms with Crippen LogP contribution in [-0.2, 0) is 33.4 Å². The van der Waals surface area contributed by atoms with Gasteiger partial charge < -0.3 is 24.4 Å². The van der Waals surface area contributed by atoms with Crippen molar-refractivity contribution in [3.05, 3.63) is 0 Å². The van der Waals surface area contributed by atoms with Gasteiger partial charge in [0.15, 0.2) is 5.92 Å². The smallest absolute Gasteiger partial charge is 0.320 e. The minimum atomic E-state index is -0.971. The number of ether oxygens (including phenoxy) is 3. The predicted molar refractivity (Wildman–Crippen MR) is 150 cm³/mol. The molecule has 2 atom stereocenters. The highest BCUT2D eigenvalue weighted by molar-refractivity contribution is 5.97. The Kier molecular flexibility index (Phi) is 39.6. The molecule has 0 bridgehead atoms. The summed E-state index contributed by atoms with van der Waals surface area (Å²) in [7, 11) is 1.22. The Labute approximate surface area is 240 Å². The van der Waals surface area contributed by atoms with Crippen molar-refractivity contribution < 1.29 is 43.6 Å². The number of ketones is 1. The number of carbonyl (C=O) groups is 4. The predicted octanol–water partition coefficient (Wildman–Crippen LogP) is 4.43. The van der Waals surface area contributed by atoms with E-state index in [2.05, 4.69) is 11.7 Å². The number of nitrogens with zero attached hydrogens (tertiary/aromatic N) is 2. The number of hydrogen-bond acceptors (Lipinski definition) is 11. The second kappa shape index (κ2) is 36.0. The second-order valence-corrected chi connectivity index (χ2v) is 8.12. The Morgan fingerprint density at radius 1 is 0.725 bits per heavy atom. The van der Waals surface area contributed by atoms with Gasteiger partial charge in [-0.15, -0.1) is 0 Å². The summed E-state index contributed by atoms with van der Waals surface area (Å²) in [5, 5.41) is 33.2. The first-order valence-electron chi connectivity index (χ1n) is 14.1. The molecule has 0 aliphatic rings. The van der Waals surface area contributed by atoms with Gasteiger partial charge in [-0.1, -0.05) is 40.0 Å². The molecule has 0 rings (SSSR count). The third-order valence-electron chi connectivity index (χ3n) is 4.98. The van der Waals surface area contributed by atoms with Gasteiger partial charge in [-0.05, 0) is 52.4 Å². The fourth-order valence-corrected chi connectivity index (χ4v) is 2.82. The van der Waals surface area contributed by atoms with Gasteiger partial charge in [0.2, 0.25) is 0 Å². The Bertz CT molecular complexity index is 711. The summed E-state index contributed by atoms with van der Waals surface area (Å²) < 4.78 is 14.2. The summed E-state index contributed by atoms with van der Waals surface area (Å²) in [5.74, 6) is -3.73. The Hall–Kier alpha value is -3.02. The quantitative estimate of drug-likeness (QED) is 0.102. The van der Waals surface area contributed by atoms with Gasteiger partial charge in [0.05, 0.1) is 32.5 Å². The maximum Gasteiger partial charge on any atom is 0.320 e. The monoisotopic (exact) mass is 572 g/mol. The van der Waals surface area contributed by atoms with Gasteiger partial charge in [0.25, 0.3) is 0 Å². The summed E-state index contributed by atoms with van der Waals surface area (Å²) in [6, 6.07) is 3.79. The molecular formula is C29H52N2O9. The van der Waals surface area contributed by atoms with Crippen LogP contribution >= 0.6 is 0 Å². The molecule has 11 nitrogen and oxygen atoms in total. The molecule has 0 heterocycles. The highest BCUT2D eigenvalue weighted by atomic mass is 16.5. The molecular weight excluding hydrogens is 520 g/mol. The molecule has 0 aliphatic carbocycles. The van der Waals surface area contributed by atoms with Gasteiger partial charge in [0, 0.05) is 26.1 Å². The molecule has 0 fully saturated rings. The van der Waals surface area contributed by atoms with Crippen LogP contribution in [0.5, 0.6) is 0 Å². The average molecular weight is 573 g/mol. The molecule has 0 saturated carbocycles. The zero-order valence-electron chi connectivity index (χ0n) is 25.4. The number of aliphatic hydroxyl groups is 2. The second-order valence-electron chi connectivity index (χ2n) is 8.12. The highest BCUT2D eigenvalue weighted by Gasteiger charge is 2.28. The van der Waals surface area contributed by atoms with Crippen molar-refractivity contribution in [2.24, 2.45) is 11.8 Å². The first kappa shape index (κ1) is 44.0. The minimum absolute atomic E-state index is 0.130. The Balaban J connectivity index is -0.000000257. The number of methoxy groups -OCH3 is 1. The molecule has 40 heavy (non-hydrogen) atoms. The molecule has 11 heteroatoms. The zero-order chi connectivity index (χ0) is 31.6. The third kappa shape index (κ3) is 29.5. The molecule has 0 aromatic carbocycles. The standard InChI is InChI=1S/C13H21NO4.C9H13NO3.C5H12O2.C2H6/c1-3-4-5-6-10-18-13(16)11(8-7-9-14)12(15)17-2;1-3-13-9(12)8(7(2)11)5-4-6-10;6-4-2-1-3-5-7;1-2/h11H,3-8,10H2,1-2H3;8H,3-5H2,1-2H3;6-7H,1-5H2;1-2H3. The highest BCUT2D eigenvalue weighted by Crippen LogP contribution is 2.12. The van der Waals surface area contributed by atoms with Gasteiger partial charge in [0.1, 0.15) is 11.7 Å². The van der Waals surface area contributed by atoms with Crippen LogP contribution < -0.4 is 0 Å². The van der Waals surface area contributed by atoms with Crippen LogP contribution in [0.3, 0.4) is 0 Å². The van der Waals surface area contributed by atoms with Crippen LogP contribution in [0.4, 0.5) is 0 Å². The molecule has 0 aromatic rings. The summed E-state index contributed by atoms with van der Waals surface area (Å²) in [6.45, 7) is 10.2. The van der Waals surface area contributed by atoms with Crippen molar-refractivity contribution in [3.63, 3.8) is 0 Å². The first-order valence-corrected chi connectivity index (χ1v) is 14.1. The number of Topliss-reactive ketones (excluding diaryl/α,β-unsaturated/α-hetero) is 1. The van der Waals surface area contributed by atoms with Gasteiger partial charge in [-0.2, -0.15) is 10.5 Å². The lowest BCUT2D eigenvalue weighted by molar-refractivity contribution is -0.161. The van der Waals surface area contributed by atoms with Crippen LogP contribution in [-0.4, -0.2) is 67.4 Å². The Morgan fingerprint density at radius 3 is 1.60 bits per heavy atom. The van der Waals surface area contributed by atoms with Crippen molar-refractivity contribution in [3.8, 4) is 12.1 Å². The molecule has 0 aromatic heterocycles. The van der Waals surface area contributed by atoms with Crippen molar-refractivity contribution in [1.29, 1.82) is 10.5 Å². The molecule has 2 N–H and O–H groups in total. The topological polar surface area (TPSA) is 184 Å². The third-order valence-corrected chi connectivity index (χ3v) is 4.98. The molecule has 2 unspecified atom stereocenters. The lowest BCUT2D eigenvalue weighted by Gasteiger charge is -2.12. The van der Waals surface area contributed by atoms with E-state index in [4.69, 9.17) is 30.2 Å². The number of esters is 3. The van der Waals surface area contributed by atoms with Crippen LogP contribution in [0.2, 0.25) is 0 Å². The van der Waals surface area contributed by atoms with Gasteiger partial charge >= 0.3 is 17.9 Å². The zero-order valence-corrected chi connectivity index (χ0v) is 25.4. The van der Waals surface area contributed by atoms with Gasteiger partial charge in [-0.3, -0.25) is 19.2 Å². The first-order chi connectivity index (χ1) is 19.2. The molecule has 0 amide bonds. The van der Waals surface area contributed by atoms with Crippen molar-refractivity contribution >= 4 is 23.7 Å². The lowest BCUT2D eigenvalue weighted by Crippen LogP contribution is -2.27. The van der Waals surface area contributed by atoms with E-state index in [1.165, 1.54) is 14.0 Å². The van der Waals surface area contributed by atoms with E-state index in [9.17, 15) is 19.2 Å². The van der Waals surface area contributed by atoms with Gasteiger partial charge in [-0.25, -0.2) is 0 Å². The summed E-state index contributed by atoms with van der Waals surface area (Å²) >= 11 is 0. The number of hydrogen-bond donors (Lipinski definition) is 2. The van der Waals surface area contributed by atoms with E-state index in [1.807, 2.05) is 26.0 Å². The largest absolute Gasteiger partial charge is 0.468 e. The van der Waals surface area contributed by atoms with Crippen molar-refractivity contribution in [2.75, 3.05) is 33.5 Å². The van der Waals surface area contributed by atoms with Crippen molar-refractivity contribution in [1.82, 2.24) is 0 Å². The number of carbonyl (C=O) groups excluding carboxylic acids is 4. The lowest BCUT2D eigenvalue weighted by atomic mass is 10.00. The molecule has 232 valence electrons. The summed E-state index contributed by atoms with van der Waals surface area (Å²) in [6.07, 6.45) is 7.33. The van der Waals surface area contributed by atoms with Crippen LogP contribution in [0.1, 0.15) is 105 Å². The Morgan fingerprint density at radius 2 is 1.20 bits per heavy atom. The van der Waals surface area contributed by atoms with Crippen LogP contribution in [0.25, 0.3) is 0 Å². The molecule has 0 aliphatic heterocycles. The number of rotatable bonds is 18. The normalized spacial score (nSPS) is 10.7. The minimum Gasteiger partial charge on any atom is -0.468 e. The fourth-order valence-electron chi connectivity index (χ4n) is 2.82. The van der Waals surface area contributed by atoms with E-state index >= 15 is 0 Å². The number of unbranched alkanes of at least 4 members (excludes halogenated alkanes) is 5. The SMILES string of the molecule is CC.CCCCCCOC(=O)C(CCC#N)C(=O)OC.CCOC(=O)C(CCC#N)C(C)=O.OCCCCCO. The van der Waals surface area contributed by atoms with Crippen LogP contribution in [0, 0.1) is 34.5 Å². The van der Waals surface area contributed by atoms with Crippen LogP contribution in [0.15, 0.2) is 0 Å². The molecule has 0 saturated heterocycles. The van der Waals surface area contributed by atoms with E-state index in [0.29, 0.717) is 6.61 Å². The maximum absolute atomic E-state index is 11.6. The maximum atomic E-state index is 11.6. The number of nitriles is 2.